The third-order valence-electron chi connectivity index (χ3n) is 21.0. The molecule has 0 aromatic carbocycles. The molecule has 18 heteroatoms. The van der Waals surface area contributed by atoms with Crippen molar-refractivity contribution in [3.05, 3.63) is 207 Å². The van der Waals surface area contributed by atoms with Crippen molar-refractivity contribution in [3.8, 4) is 0 Å². The van der Waals surface area contributed by atoms with Crippen molar-refractivity contribution in [2.45, 2.75) is 424 Å². The molecule has 0 aromatic rings. The molecule has 0 aliphatic heterocycles. The molecule has 5 unspecified atom stereocenters. The van der Waals surface area contributed by atoms with Gasteiger partial charge in [0.15, 0.2) is 6.10 Å². The average molecular weight is 1810 g/mol. The number of phosphoric acid groups is 2. The molecule has 0 spiro atoms. The van der Waals surface area contributed by atoms with E-state index in [4.69, 9.17) is 32.3 Å². The van der Waals surface area contributed by atoms with Crippen LogP contribution in [-0.4, -0.2) is 95.9 Å². The maximum absolute atomic E-state index is 13.1. The number of unbranched alkanes of at least 4 members (excludes halogenated alkanes) is 37. The van der Waals surface area contributed by atoms with Gasteiger partial charge in [-0.25, -0.2) is 9.13 Å². The second-order valence-electron chi connectivity index (χ2n) is 33.1. The number of aliphatic hydroxyl groups excluding tert-OH is 2. The van der Waals surface area contributed by atoms with Gasteiger partial charge in [-0.1, -0.05) is 426 Å². The fourth-order valence-corrected chi connectivity index (χ4v) is 15.1. The summed E-state index contributed by atoms with van der Waals surface area (Å²) in [6, 6.07) is 0. The molecule has 724 valence electrons. The smallest absolute Gasteiger partial charge is 0.463 e. The number of phosphoric ester groups is 2. The second kappa shape index (κ2) is 99.1. The van der Waals surface area contributed by atoms with Crippen LogP contribution in [0.25, 0.3) is 0 Å². The van der Waals surface area contributed by atoms with Crippen LogP contribution >= 0.6 is 15.6 Å². The highest BCUT2D eigenvalue weighted by Gasteiger charge is 2.30. The zero-order valence-corrected chi connectivity index (χ0v) is 81.9. The van der Waals surface area contributed by atoms with Crippen LogP contribution in [0.2, 0.25) is 0 Å². The summed E-state index contributed by atoms with van der Waals surface area (Å²) in [6.07, 6.45) is 134. The maximum atomic E-state index is 13.1. The molecular formula is C109H182O16P2. The van der Waals surface area contributed by atoms with Crippen molar-refractivity contribution in [2.24, 2.45) is 0 Å². The Kier molecular flexibility index (Phi) is 94.6. The highest BCUT2D eigenvalue weighted by atomic mass is 31.2. The summed E-state index contributed by atoms with van der Waals surface area (Å²) < 4.78 is 61.7. The van der Waals surface area contributed by atoms with Gasteiger partial charge < -0.3 is 34.2 Å². The number of ether oxygens (including phenoxy) is 3. The van der Waals surface area contributed by atoms with Gasteiger partial charge in [-0.05, 0) is 167 Å². The predicted octanol–water partition coefficient (Wildman–Crippen LogP) is 31.9. The average Bonchev–Trinajstić information content (AvgIpc) is 0.955. The Morgan fingerprint density at radius 1 is 0.220 bits per heavy atom. The highest BCUT2D eigenvalue weighted by Crippen LogP contribution is 2.45. The van der Waals surface area contributed by atoms with Crippen LogP contribution in [0.1, 0.15) is 406 Å². The van der Waals surface area contributed by atoms with E-state index in [1.165, 1.54) is 148 Å². The van der Waals surface area contributed by atoms with Crippen molar-refractivity contribution in [1.82, 2.24) is 0 Å². The summed E-state index contributed by atoms with van der Waals surface area (Å²) in [5, 5.41) is 20.8. The van der Waals surface area contributed by atoms with E-state index in [0.29, 0.717) is 19.3 Å². The summed E-state index contributed by atoms with van der Waals surface area (Å²) in [5.41, 5.74) is 0. The van der Waals surface area contributed by atoms with E-state index in [0.717, 1.165) is 199 Å². The van der Waals surface area contributed by atoms with E-state index >= 15 is 0 Å². The summed E-state index contributed by atoms with van der Waals surface area (Å²) >= 11 is 0. The number of rotatable bonds is 94. The first-order valence-corrected chi connectivity index (χ1v) is 53.4. The van der Waals surface area contributed by atoms with Gasteiger partial charge in [0.25, 0.3) is 0 Å². The van der Waals surface area contributed by atoms with Gasteiger partial charge in [-0.3, -0.25) is 32.5 Å². The van der Waals surface area contributed by atoms with Crippen molar-refractivity contribution in [1.29, 1.82) is 0 Å². The number of esters is 3. The van der Waals surface area contributed by atoms with Crippen molar-refractivity contribution in [3.63, 3.8) is 0 Å². The molecule has 5 atom stereocenters. The number of allylic oxidation sites excluding steroid dienone is 34. The van der Waals surface area contributed by atoms with Gasteiger partial charge in [0.05, 0.1) is 26.4 Å². The number of aliphatic hydroxyl groups is 2. The molecule has 0 aliphatic rings. The zero-order chi connectivity index (χ0) is 92.1. The van der Waals surface area contributed by atoms with Crippen molar-refractivity contribution in [2.75, 3.05) is 39.6 Å². The minimum absolute atomic E-state index is 0.0968. The van der Waals surface area contributed by atoms with E-state index in [-0.39, 0.29) is 19.3 Å². The largest absolute Gasteiger partial charge is 0.472 e. The molecule has 4 N–H and O–H groups in total. The van der Waals surface area contributed by atoms with Crippen LogP contribution in [0.4, 0.5) is 0 Å². The fourth-order valence-electron chi connectivity index (χ4n) is 13.5. The van der Waals surface area contributed by atoms with Crippen LogP contribution in [0, 0.1) is 0 Å². The first kappa shape index (κ1) is 121. The molecule has 0 fully saturated rings. The lowest BCUT2D eigenvalue weighted by Crippen LogP contribution is -2.30. The summed E-state index contributed by atoms with van der Waals surface area (Å²) in [7, 11) is -9.83. The molecule has 0 amide bonds. The SMILES string of the molecule is CC/C=C\C/C=C\C/C=C\C/C=C\C/C=C\C/C=C\CCCCCCCCCCCCCCC(=O)OCC(O)COP(=O)(O)OCC(O)COP(=O)(O)OCC(COC(=O)CCCCCCCCCCCCCC/C=C\C/C=C\C/C=C\C/C=C\C/C=C\C/C=C\CC)OC(=O)CCCCCCCCCCCCCCC/C=C\C/C=C\C/C=C\C/C=C\C/C=C\CC. The predicted molar refractivity (Wildman–Crippen MR) is 537 cm³/mol. The van der Waals surface area contributed by atoms with Gasteiger partial charge in [-0.15, -0.1) is 0 Å². The zero-order valence-electron chi connectivity index (χ0n) is 80.1. The molecule has 0 aromatic heterocycles. The Morgan fingerprint density at radius 2 is 0.394 bits per heavy atom. The Balaban J connectivity index is 4.66. The number of carbonyl (C=O) groups is 3. The third kappa shape index (κ3) is 101. The van der Waals surface area contributed by atoms with Gasteiger partial charge in [0.2, 0.25) is 0 Å². The summed E-state index contributed by atoms with van der Waals surface area (Å²) in [5.74, 6) is -1.57. The lowest BCUT2D eigenvalue weighted by Gasteiger charge is -2.21. The molecule has 0 bridgehead atoms. The molecule has 0 rings (SSSR count). The standard InChI is InChI=1S/C109H182O16P2/c1-4-7-10-13-16-19-22-25-28-31-34-37-40-43-46-49-51-54-56-59-62-65-68-71-74-77-80-83-86-89-92-95-107(112)119-98-104(110)99-121-126(115,116)122-100-105(111)101-123-127(117,118)124-103-106(125-109(114)97-94-91-88-85-82-79-76-73-70-67-64-61-58-53-48-45-42-39-36-33-30-27-24-21-18-15-12-9-6-3)102-120-108(113)96-93-90-87-84-81-78-75-72-69-66-63-60-57-55-52-50-47-44-41-38-35-32-29-26-23-20-17-14-11-8-5-2/h7-12,16-21,25-30,34-39,43-48,51-52,54-55,104-106,110-111H,4-6,13-15,22-24,31-33,40-42,49-50,53,56-103H2,1-3H3,(H,115,116)(H,117,118)/b10-7-,11-8-,12-9-,19-16-,20-17-,21-18-,28-25-,29-26-,30-27-,37-34-,38-35-,39-36-,46-43-,47-44-,48-45-,54-51-,55-52-. The lowest BCUT2D eigenvalue weighted by molar-refractivity contribution is -0.161. The Labute approximate surface area is 775 Å². The van der Waals surface area contributed by atoms with Crippen LogP contribution in [0.15, 0.2) is 207 Å². The minimum atomic E-state index is -4.95. The topological polar surface area (TPSA) is 231 Å². The Hall–Kier alpha value is -5.87. The third-order valence-corrected chi connectivity index (χ3v) is 22.9. The molecule has 0 saturated heterocycles. The molecular weight excluding hydrogens is 1630 g/mol. The highest BCUT2D eigenvalue weighted by molar-refractivity contribution is 7.47. The van der Waals surface area contributed by atoms with E-state index < -0.39 is 91.5 Å². The number of hydrogen-bond acceptors (Lipinski definition) is 14. The monoisotopic (exact) mass is 1810 g/mol. The first-order chi connectivity index (χ1) is 62.2. The van der Waals surface area contributed by atoms with Gasteiger partial charge in [0, 0.05) is 19.3 Å². The number of hydrogen-bond donors (Lipinski definition) is 4. The molecule has 127 heavy (non-hydrogen) atoms. The van der Waals surface area contributed by atoms with Crippen LogP contribution in [-0.2, 0) is 55.8 Å². The summed E-state index contributed by atoms with van der Waals surface area (Å²) in [6.45, 7) is 2.39. The Morgan fingerprint density at radius 3 is 0.622 bits per heavy atom. The fraction of sp³-hybridized carbons (Fsp3) is 0.661. The van der Waals surface area contributed by atoms with Gasteiger partial charge in [0.1, 0.15) is 25.4 Å². The van der Waals surface area contributed by atoms with E-state index in [1.54, 1.807) is 0 Å². The molecule has 16 nitrogen and oxygen atoms in total. The minimum Gasteiger partial charge on any atom is -0.463 e. The first-order valence-electron chi connectivity index (χ1n) is 50.4. The van der Waals surface area contributed by atoms with Gasteiger partial charge in [-0.2, -0.15) is 0 Å². The second-order valence-corrected chi connectivity index (χ2v) is 36.0. The van der Waals surface area contributed by atoms with E-state index in [2.05, 4.69) is 227 Å². The molecule has 0 aliphatic carbocycles. The normalized spacial score (nSPS) is 14.5. The van der Waals surface area contributed by atoms with Crippen LogP contribution in [0.5, 0.6) is 0 Å². The maximum Gasteiger partial charge on any atom is 0.472 e. The lowest BCUT2D eigenvalue weighted by atomic mass is 10.0. The van der Waals surface area contributed by atoms with Crippen molar-refractivity contribution >= 4 is 33.6 Å². The Bertz CT molecular complexity index is 3140. The molecule has 0 radical (unpaired) electrons. The van der Waals surface area contributed by atoms with E-state index in [9.17, 15) is 43.5 Å². The van der Waals surface area contributed by atoms with Crippen LogP contribution in [0.3, 0.4) is 0 Å². The van der Waals surface area contributed by atoms with Gasteiger partial charge >= 0.3 is 33.6 Å². The quantitative estimate of drug-likeness (QED) is 0.0146. The van der Waals surface area contributed by atoms with Crippen LogP contribution < -0.4 is 0 Å². The molecule has 0 saturated carbocycles. The summed E-state index contributed by atoms with van der Waals surface area (Å²) in [4.78, 5) is 59.2. The molecule has 0 heterocycles. The number of carbonyl (C=O) groups excluding carboxylic acids is 3. The van der Waals surface area contributed by atoms with Crippen molar-refractivity contribution < 1.29 is 75.8 Å². The van der Waals surface area contributed by atoms with E-state index in [1.807, 2.05) is 0 Å².